The minimum absolute atomic E-state index is 0.176. The molecule has 8 nitrogen and oxygen atoms in total. The lowest BCUT2D eigenvalue weighted by molar-refractivity contribution is 0.617. The van der Waals surface area contributed by atoms with Gasteiger partial charge in [-0.1, -0.05) is 6.07 Å². The topological polar surface area (TPSA) is 104 Å². The van der Waals surface area contributed by atoms with Crippen molar-refractivity contribution in [2.45, 2.75) is 25.8 Å². The molecule has 0 amide bonds. The Kier molecular flexibility index (Phi) is 5.88. The van der Waals surface area contributed by atoms with E-state index >= 15 is 0 Å². The Morgan fingerprint density at radius 1 is 1.03 bits per heavy atom. The summed E-state index contributed by atoms with van der Waals surface area (Å²) >= 11 is 0. The van der Waals surface area contributed by atoms with Gasteiger partial charge >= 0.3 is 0 Å². The lowest BCUT2D eigenvalue weighted by atomic mass is 10.1. The molecule has 152 valence electrons. The quantitative estimate of drug-likeness (QED) is 0.410. The Morgan fingerprint density at radius 3 is 2.77 bits per heavy atom. The predicted molar refractivity (Wildman–Crippen MR) is 112 cm³/mol. The average molecular weight is 404 g/mol. The molecule has 30 heavy (non-hydrogen) atoms. The van der Waals surface area contributed by atoms with Gasteiger partial charge in [-0.05, 0) is 49.6 Å². The van der Waals surface area contributed by atoms with Crippen molar-refractivity contribution in [1.82, 2.24) is 30.1 Å². The standard InChI is InChI=1S/C21H21FN8/c1-14(18-7-5-16(22)13-25-18)26-21-24-10-8-19(28-21)27-20-11-17(29-30-20)6-4-15-3-2-9-23-12-15/h2-3,5,7-14H,4,6H2,1H3,(H3,24,26,27,28,29,30)/t14-/m0/s1. The summed E-state index contributed by atoms with van der Waals surface area (Å²) in [6.07, 6.45) is 8.19. The van der Waals surface area contributed by atoms with E-state index < -0.39 is 0 Å². The molecule has 9 heteroatoms. The zero-order valence-corrected chi connectivity index (χ0v) is 16.4. The molecular weight excluding hydrogens is 383 g/mol. The predicted octanol–water partition coefficient (Wildman–Crippen LogP) is 3.83. The highest BCUT2D eigenvalue weighted by Crippen LogP contribution is 2.18. The maximum absolute atomic E-state index is 13.0. The molecule has 0 radical (unpaired) electrons. The summed E-state index contributed by atoms with van der Waals surface area (Å²) in [6, 6.07) is 10.5. The third kappa shape index (κ3) is 5.13. The highest BCUT2D eigenvalue weighted by Gasteiger charge is 2.10. The van der Waals surface area contributed by atoms with Crippen molar-refractivity contribution in [1.29, 1.82) is 0 Å². The lowest BCUT2D eigenvalue weighted by Crippen LogP contribution is -2.11. The smallest absolute Gasteiger partial charge is 0.225 e. The molecule has 1 atom stereocenters. The Bertz CT molecular complexity index is 1080. The molecule has 4 aromatic rings. The first-order chi connectivity index (χ1) is 14.7. The monoisotopic (exact) mass is 404 g/mol. The fraction of sp³-hybridized carbons (Fsp3) is 0.190. The molecule has 0 aliphatic heterocycles. The normalized spacial score (nSPS) is 11.8. The maximum Gasteiger partial charge on any atom is 0.225 e. The first kappa shape index (κ1) is 19.4. The zero-order chi connectivity index (χ0) is 20.8. The number of hydrogen-bond donors (Lipinski definition) is 3. The lowest BCUT2D eigenvalue weighted by Gasteiger charge is -2.13. The van der Waals surface area contributed by atoms with Crippen molar-refractivity contribution in [2.24, 2.45) is 0 Å². The number of nitrogens with zero attached hydrogens (tertiary/aromatic N) is 5. The first-order valence-electron chi connectivity index (χ1n) is 9.57. The van der Waals surface area contributed by atoms with Crippen LogP contribution in [0.2, 0.25) is 0 Å². The minimum Gasteiger partial charge on any atom is -0.346 e. The molecule has 3 N–H and O–H groups in total. The number of halogens is 1. The molecule has 0 aromatic carbocycles. The average Bonchev–Trinajstić information content (AvgIpc) is 3.21. The summed E-state index contributed by atoms with van der Waals surface area (Å²) < 4.78 is 13.0. The van der Waals surface area contributed by atoms with Crippen molar-refractivity contribution in [2.75, 3.05) is 10.6 Å². The van der Waals surface area contributed by atoms with Gasteiger partial charge < -0.3 is 10.6 Å². The van der Waals surface area contributed by atoms with Crippen LogP contribution in [0.5, 0.6) is 0 Å². The molecular formula is C21H21FN8. The van der Waals surface area contributed by atoms with Gasteiger partial charge in [0, 0.05) is 30.4 Å². The molecule has 0 spiro atoms. The third-order valence-corrected chi connectivity index (χ3v) is 4.49. The summed E-state index contributed by atoms with van der Waals surface area (Å²) in [4.78, 5) is 16.9. The first-order valence-corrected chi connectivity index (χ1v) is 9.57. The van der Waals surface area contributed by atoms with E-state index in [-0.39, 0.29) is 11.9 Å². The number of H-pyrrole nitrogens is 1. The number of rotatable bonds is 8. The highest BCUT2D eigenvalue weighted by atomic mass is 19.1. The van der Waals surface area contributed by atoms with Crippen molar-refractivity contribution in [3.8, 4) is 0 Å². The van der Waals surface area contributed by atoms with Gasteiger partial charge in [0.2, 0.25) is 5.95 Å². The van der Waals surface area contributed by atoms with Gasteiger partial charge in [-0.3, -0.25) is 15.1 Å². The van der Waals surface area contributed by atoms with Crippen LogP contribution in [0.3, 0.4) is 0 Å². The van der Waals surface area contributed by atoms with Crippen molar-refractivity contribution in [3.05, 3.63) is 84.0 Å². The van der Waals surface area contributed by atoms with Crippen molar-refractivity contribution in [3.63, 3.8) is 0 Å². The largest absolute Gasteiger partial charge is 0.346 e. The van der Waals surface area contributed by atoms with Gasteiger partial charge in [0.1, 0.15) is 11.6 Å². The van der Waals surface area contributed by atoms with Crippen LogP contribution < -0.4 is 10.6 Å². The second-order valence-electron chi connectivity index (χ2n) is 6.80. The second-order valence-corrected chi connectivity index (χ2v) is 6.80. The van der Waals surface area contributed by atoms with Crippen LogP contribution in [0.4, 0.5) is 22.0 Å². The van der Waals surface area contributed by atoms with Crippen LogP contribution >= 0.6 is 0 Å². The molecule has 4 rings (SSSR count). The highest BCUT2D eigenvalue weighted by molar-refractivity contribution is 5.53. The van der Waals surface area contributed by atoms with Gasteiger partial charge in [-0.2, -0.15) is 10.1 Å². The number of aryl methyl sites for hydroxylation is 2. The van der Waals surface area contributed by atoms with Crippen LogP contribution in [0, 0.1) is 5.82 Å². The van der Waals surface area contributed by atoms with Crippen LogP contribution in [0.1, 0.15) is 29.9 Å². The van der Waals surface area contributed by atoms with E-state index in [2.05, 4.69) is 46.8 Å². The summed E-state index contributed by atoms with van der Waals surface area (Å²) in [6.45, 7) is 1.91. The fourth-order valence-corrected chi connectivity index (χ4v) is 2.92. The van der Waals surface area contributed by atoms with Gasteiger partial charge in [-0.15, -0.1) is 0 Å². The Morgan fingerprint density at radius 2 is 1.97 bits per heavy atom. The molecule has 0 saturated heterocycles. The third-order valence-electron chi connectivity index (χ3n) is 4.49. The molecule has 0 unspecified atom stereocenters. The molecule has 4 heterocycles. The minimum atomic E-state index is -0.368. The van der Waals surface area contributed by atoms with E-state index in [1.807, 2.05) is 25.3 Å². The number of aromatic nitrogens is 6. The summed E-state index contributed by atoms with van der Waals surface area (Å²) in [5.41, 5.74) is 2.89. The molecule has 0 bridgehead atoms. The SMILES string of the molecule is C[C@H](Nc1nccc(Nc2cc(CCc3cccnc3)[nH]n2)n1)c1ccc(F)cn1. The number of anilines is 3. The summed E-state index contributed by atoms with van der Waals surface area (Å²) in [7, 11) is 0. The van der Waals surface area contributed by atoms with Crippen molar-refractivity contribution >= 4 is 17.6 Å². The molecule has 0 aliphatic rings. The van der Waals surface area contributed by atoms with Gasteiger partial charge in [0.15, 0.2) is 5.82 Å². The maximum atomic E-state index is 13.0. The van der Waals surface area contributed by atoms with Crippen molar-refractivity contribution < 1.29 is 4.39 Å². The van der Waals surface area contributed by atoms with Gasteiger partial charge in [-0.25, -0.2) is 9.37 Å². The van der Waals surface area contributed by atoms with E-state index in [1.54, 1.807) is 24.5 Å². The zero-order valence-electron chi connectivity index (χ0n) is 16.4. The molecule has 0 aliphatic carbocycles. The van der Waals surface area contributed by atoms with E-state index in [4.69, 9.17) is 0 Å². The fourth-order valence-electron chi connectivity index (χ4n) is 2.92. The van der Waals surface area contributed by atoms with Crippen LogP contribution in [-0.2, 0) is 12.8 Å². The van der Waals surface area contributed by atoms with E-state index in [0.717, 1.165) is 18.5 Å². The van der Waals surface area contributed by atoms with Gasteiger partial charge in [0.05, 0.1) is 17.9 Å². The van der Waals surface area contributed by atoms with E-state index in [0.29, 0.717) is 23.3 Å². The van der Waals surface area contributed by atoms with Crippen LogP contribution in [-0.4, -0.2) is 30.1 Å². The molecule has 0 fully saturated rings. The number of hydrogen-bond acceptors (Lipinski definition) is 7. The number of aromatic amines is 1. The summed E-state index contributed by atoms with van der Waals surface area (Å²) in [5.74, 6) is 1.35. The Hall–Kier alpha value is -3.88. The number of nitrogens with one attached hydrogen (secondary N) is 3. The number of pyridine rings is 2. The second kappa shape index (κ2) is 9.08. The Labute approximate surface area is 173 Å². The van der Waals surface area contributed by atoms with Crippen LogP contribution in [0.15, 0.2) is 61.2 Å². The molecule has 4 aromatic heterocycles. The molecule has 0 saturated carbocycles. The van der Waals surface area contributed by atoms with Crippen LogP contribution in [0.25, 0.3) is 0 Å². The Balaban J connectivity index is 1.36. The van der Waals surface area contributed by atoms with E-state index in [9.17, 15) is 4.39 Å². The van der Waals surface area contributed by atoms with E-state index in [1.165, 1.54) is 17.8 Å². The van der Waals surface area contributed by atoms with Gasteiger partial charge in [0.25, 0.3) is 0 Å². The summed E-state index contributed by atoms with van der Waals surface area (Å²) in [5, 5.41) is 13.7.